The van der Waals surface area contributed by atoms with Crippen LogP contribution < -0.4 is 5.63 Å². The van der Waals surface area contributed by atoms with Crippen molar-refractivity contribution in [1.82, 2.24) is 0 Å². The zero-order valence-electron chi connectivity index (χ0n) is 7.25. The fourth-order valence-electron chi connectivity index (χ4n) is 1.22. The number of nitriles is 1. The van der Waals surface area contributed by atoms with Crippen LogP contribution in [0.2, 0.25) is 0 Å². The monoisotopic (exact) mass is 207 g/mol. The molecule has 1 heterocycles. The molecule has 0 N–H and O–H groups in total. The van der Waals surface area contributed by atoms with E-state index in [4.69, 9.17) is 5.26 Å². The SMILES string of the molecule is N#Cc1cc2c(F)cc(F)cc2oc1=O. The van der Waals surface area contributed by atoms with Gasteiger partial charge in [-0.3, -0.25) is 0 Å². The number of benzene rings is 1. The Hall–Kier alpha value is -2.22. The Morgan fingerprint density at radius 2 is 2.00 bits per heavy atom. The molecule has 0 spiro atoms. The van der Waals surface area contributed by atoms with Crippen LogP contribution >= 0.6 is 0 Å². The quantitative estimate of drug-likeness (QED) is 0.620. The third-order valence-electron chi connectivity index (χ3n) is 1.89. The predicted molar refractivity (Wildman–Crippen MR) is 47.1 cm³/mol. The Labute approximate surface area is 82.2 Å². The molecule has 0 atom stereocenters. The largest absolute Gasteiger partial charge is 0.422 e. The van der Waals surface area contributed by atoms with E-state index in [2.05, 4.69) is 4.42 Å². The highest BCUT2D eigenvalue weighted by atomic mass is 19.1. The van der Waals surface area contributed by atoms with E-state index in [1.165, 1.54) is 0 Å². The Morgan fingerprint density at radius 1 is 1.27 bits per heavy atom. The lowest BCUT2D eigenvalue weighted by atomic mass is 10.2. The number of nitrogens with zero attached hydrogens (tertiary/aromatic N) is 1. The van der Waals surface area contributed by atoms with Gasteiger partial charge < -0.3 is 4.42 Å². The minimum absolute atomic E-state index is 0.0902. The standard InChI is InChI=1S/C10H3F2NO2/c11-6-2-8(12)7-1-5(4-13)10(14)15-9(7)3-6/h1-3H. The van der Waals surface area contributed by atoms with E-state index in [0.717, 1.165) is 12.1 Å². The van der Waals surface area contributed by atoms with Crippen LogP contribution in [0.15, 0.2) is 27.4 Å². The van der Waals surface area contributed by atoms with Gasteiger partial charge in [-0.15, -0.1) is 0 Å². The summed E-state index contributed by atoms with van der Waals surface area (Å²) in [6.07, 6.45) is 0. The average Bonchev–Trinajstić information content (AvgIpc) is 2.16. The number of rotatable bonds is 0. The molecule has 0 amide bonds. The lowest BCUT2D eigenvalue weighted by molar-refractivity contribution is 0.541. The second kappa shape index (κ2) is 3.17. The maximum Gasteiger partial charge on any atom is 0.354 e. The molecule has 0 unspecified atom stereocenters. The Kier molecular flexibility index (Phi) is 1.97. The van der Waals surface area contributed by atoms with Gasteiger partial charge in [-0.05, 0) is 6.07 Å². The summed E-state index contributed by atoms with van der Waals surface area (Å²) in [7, 11) is 0. The normalized spacial score (nSPS) is 10.2. The molecule has 1 aromatic carbocycles. The molecule has 5 heteroatoms. The van der Waals surface area contributed by atoms with Crippen molar-refractivity contribution in [3.63, 3.8) is 0 Å². The third kappa shape index (κ3) is 1.46. The van der Waals surface area contributed by atoms with Crippen LogP contribution in [-0.4, -0.2) is 0 Å². The van der Waals surface area contributed by atoms with E-state index < -0.39 is 17.3 Å². The molecule has 0 bridgehead atoms. The number of hydrogen-bond acceptors (Lipinski definition) is 3. The summed E-state index contributed by atoms with van der Waals surface area (Å²) in [5.41, 5.74) is -1.43. The van der Waals surface area contributed by atoms with E-state index in [-0.39, 0.29) is 16.5 Å². The Balaban J connectivity index is 2.95. The molecule has 0 aliphatic rings. The van der Waals surface area contributed by atoms with Crippen molar-refractivity contribution in [3.05, 3.63) is 45.8 Å². The molecule has 3 nitrogen and oxygen atoms in total. The van der Waals surface area contributed by atoms with Gasteiger partial charge in [-0.1, -0.05) is 0 Å². The van der Waals surface area contributed by atoms with Gasteiger partial charge in [-0.25, -0.2) is 13.6 Å². The first-order chi connectivity index (χ1) is 7.11. The summed E-state index contributed by atoms with van der Waals surface area (Å²) in [5.74, 6) is -1.71. The van der Waals surface area contributed by atoms with E-state index in [0.29, 0.717) is 6.07 Å². The zero-order valence-corrected chi connectivity index (χ0v) is 7.25. The molecule has 1 aromatic heterocycles. The highest BCUT2D eigenvalue weighted by Gasteiger charge is 2.09. The average molecular weight is 207 g/mol. The first kappa shape index (κ1) is 9.34. The molecule has 0 radical (unpaired) electrons. The van der Waals surface area contributed by atoms with Crippen LogP contribution in [0.5, 0.6) is 0 Å². The molecule has 2 aromatic rings. The van der Waals surface area contributed by atoms with Crippen LogP contribution in [0, 0.1) is 23.0 Å². The van der Waals surface area contributed by atoms with Crippen LogP contribution in [0.4, 0.5) is 8.78 Å². The van der Waals surface area contributed by atoms with E-state index >= 15 is 0 Å². The Bertz CT molecular complexity index is 640. The first-order valence-electron chi connectivity index (χ1n) is 3.95. The molecule has 0 aliphatic carbocycles. The van der Waals surface area contributed by atoms with Gasteiger partial charge in [-0.2, -0.15) is 5.26 Å². The molecular weight excluding hydrogens is 204 g/mol. The molecule has 0 saturated carbocycles. The van der Waals surface area contributed by atoms with Crippen LogP contribution in [0.3, 0.4) is 0 Å². The van der Waals surface area contributed by atoms with Crippen molar-refractivity contribution in [3.8, 4) is 6.07 Å². The summed E-state index contributed by atoms with van der Waals surface area (Å²) in [4.78, 5) is 11.1. The van der Waals surface area contributed by atoms with Gasteiger partial charge in [0, 0.05) is 12.1 Å². The van der Waals surface area contributed by atoms with Crippen molar-refractivity contribution in [1.29, 1.82) is 5.26 Å². The highest BCUT2D eigenvalue weighted by Crippen LogP contribution is 2.18. The fraction of sp³-hybridized carbons (Fsp3) is 0. The van der Waals surface area contributed by atoms with Crippen molar-refractivity contribution < 1.29 is 13.2 Å². The second-order valence-electron chi connectivity index (χ2n) is 2.86. The number of halogens is 2. The summed E-state index contributed by atoms with van der Waals surface area (Å²) in [5, 5.41) is 8.43. The Morgan fingerprint density at radius 3 is 2.67 bits per heavy atom. The first-order valence-corrected chi connectivity index (χ1v) is 3.95. The van der Waals surface area contributed by atoms with E-state index in [1.54, 1.807) is 6.07 Å². The van der Waals surface area contributed by atoms with Gasteiger partial charge in [0.05, 0.1) is 5.39 Å². The van der Waals surface area contributed by atoms with Gasteiger partial charge in [0.2, 0.25) is 0 Å². The minimum atomic E-state index is -0.907. The molecule has 0 saturated heterocycles. The van der Waals surface area contributed by atoms with Crippen LogP contribution in [-0.2, 0) is 0 Å². The van der Waals surface area contributed by atoms with Crippen molar-refractivity contribution in [2.75, 3.05) is 0 Å². The smallest absolute Gasteiger partial charge is 0.354 e. The highest BCUT2D eigenvalue weighted by molar-refractivity contribution is 5.78. The van der Waals surface area contributed by atoms with Crippen molar-refractivity contribution >= 4 is 11.0 Å². The van der Waals surface area contributed by atoms with Gasteiger partial charge >= 0.3 is 5.63 Å². The molecule has 0 aliphatic heterocycles. The van der Waals surface area contributed by atoms with Gasteiger partial charge in [0.1, 0.15) is 28.9 Å². The third-order valence-corrected chi connectivity index (χ3v) is 1.89. The molecule has 15 heavy (non-hydrogen) atoms. The summed E-state index contributed by atoms with van der Waals surface area (Å²) >= 11 is 0. The lowest BCUT2D eigenvalue weighted by Gasteiger charge is -1.98. The topological polar surface area (TPSA) is 54.0 Å². The molecule has 0 fully saturated rings. The molecule has 2 rings (SSSR count). The van der Waals surface area contributed by atoms with Crippen LogP contribution in [0.25, 0.3) is 11.0 Å². The summed E-state index contributed by atoms with van der Waals surface area (Å²) in [6.45, 7) is 0. The maximum absolute atomic E-state index is 13.2. The maximum atomic E-state index is 13.2. The van der Waals surface area contributed by atoms with Gasteiger partial charge in [0.25, 0.3) is 0 Å². The predicted octanol–water partition coefficient (Wildman–Crippen LogP) is 1.94. The summed E-state index contributed by atoms with van der Waals surface area (Å²) < 4.78 is 30.5. The lowest BCUT2D eigenvalue weighted by Crippen LogP contribution is -2.03. The van der Waals surface area contributed by atoms with Gasteiger partial charge in [0.15, 0.2) is 0 Å². The fourth-order valence-corrected chi connectivity index (χ4v) is 1.22. The van der Waals surface area contributed by atoms with Crippen molar-refractivity contribution in [2.24, 2.45) is 0 Å². The zero-order chi connectivity index (χ0) is 11.0. The second-order valence-corrected chi connectivity index (χ2v) is 2.86. The molecular formula is C10H3F2NO2. The summed E-state index contributed by atoms with van der Waals surface area (Å²) in [6, 6.07) is 4.15. The van der Waals surface area contributed by atoms with E-state index in [9.17, 15) is 13.6 Å². The number of hydrogen-bond donors (Lipinski definition) is 0. The van der Waals surface area contributed by atoms with Crippen molar-refractivity contribution in [2.45, 2.75) is 0 Å². The van der Waals surface area contributed by atoms with E-state index in [1.807, 2.05) is 0 Å². The minimum Gasteiger partial charge on any atom is -0.422 e. The molecule has 74 valence electrons. The number of fused-ring (bicyclic) bond motifs is 1. The van der Waals surface area contributed by atoms with Crippen LogP contribution in [0.1, 0.15) is 5.56 Å².